The molecular weight excluding hydrogens is 665 g/mol. The smallest absolute Gasteiger partial charge is 0.323 e. The third-order valence-corrected chi connectivity index (χ3v) is 7.79. The Morgan fingerprint density at radius 3 is 2.20 bits per heavy atom. The fourth-order valence-corrected chi connectivity index (χ4v) is 4.98. The third-order valence-electron chi connectivity index (χ3n) is 6.31. The predicted octanol–water partition coefficient (Wildman–Crippen LogP) is 3.25. The monoisotopic (exact) mass is 684 g/mol. The second-order valence-corrected chi connectivity index (χ2v) is 11.8. The van der Waals surface area contributed by atoms with E-state index in [1.54, 1.807) is 6.07 Å². The summed E-state index contributed by atoms with van der Waals surface area (Å²) in [5.74, 6) is -2.13. The van der Waals surface area contributed by atoms with Crippen molar-refractivity contribution in [2.75, 3.05) is 21.2 Å². The van der Waals surface area contributed by atoms with Gasteiger partial charge in [0.15, 0.2) is 17.2 Å². The predicted molar refractivity (Wildman–Crippen MR) is 172 cm³/mol. The molecule has 1 aliphatic heterocycles. The van der Waals surface area contributed by atoms with Gasteiger partial charge in [-0.2, -0.15) is 20.3 Å². The number of benzene rings is 3. The summed E-state index contributed by atoms with van der Waals surface area (Å²) < 4.78 is 33.5. The van der Waals surface area contributed by atoms with E-state index in [9.17, 15) is 32.1 Å². The van der Waals surface area contributed by atoms with Gasteiger partial charge in [0.05, 0.1) is 48.7 Å². The number of nitrogens with one attached hydrogen (secondary N) is 5. The van der Waals surface area contributed by atoms with Crippen LogP contribution in [-0.2, 0) is 24.5 Å². The first kappa shape index (κ1) is 32.0. The standard InChI is InChI=1S/C27H21Cl2N9O7S/c1-12-23(26(41)38(37-12)15-4-6-16(7-5-15)46(43,44)45)35-33-20-10-18(29)21(11-17(20)28)34-36-24(13(2)39)25(40)30-14-3-8-19-22(9-14)32-27(42)31-19/h3-11,33-34H,1-2H3,(H,30,40)(H2,31,32,42)(H,43,44,45)/p-1/b35-23-,36-24+. The van der Waals surface area contributed by atoms with Crippen LogP contribution in [0.15, 0.2) is 79.6 Å². The molecule has 1 aliphatic rings. The zero-order valence-electron chi connectivity index (χ0n) is 23.5. The number of amides is 2. The molecule has 4 aromatic rings. The van der Waals surface area contributed by atoms with Crippen LogP contribution in [0.25, 0.3) is 11.0 Å². The van der Waals surface area contributed by atoms with E-state index in [1.807, 2.05) is 0 Å². The van der Waals surface area contributed by atoms with Gasteiger partial charge in [-0.25, -0.2) is 13.2 Å². The van der Waals surface area contributed by atoms with Crippen molar-refractivity contribution in [3.63, 3.8) is 0 Å². The maximum atomic E-state index is 13.0. The van der Waals surface area contributed by atoms with Gasteiger partial charge in [-0.05, 0) is 61.5 Å². The Kier molecular flexibility index (Phi) is 8.75. The van der Waals surface area contributed by atoms with E-state index in [0.29, 0.717) is 16.7 Å². The Bertz CT molecular complexity index is 2190. The molecule has 3 aromatic carbocycles. The summed E-state index contributed by atoms with van der Waals surface area (Å²) in [6.45, 7) is 2.67. The van der Waals surface area contributed by atoms with E-state index in [1.165, 1.54) is 43.3 Å². The van der Waals surface area contributed by atoms with Gasteiger partial charge in [0.25, 0.3) is 5.91 Å². The highest BCUT2D eigenvalue weighted by atomic mass is 35.5. The lowest BCUT2D eigenvalue weighted by atomic mass is 10.2. The number of aromatic amines is 2. The van der Waals surface area contributed by atoms with Gasteiger partial charge in [-0.1, -0.05) is 23.2 Å². The highest BCUT2D eigenvalue weighted by molar-refractivity contribution is 7.85. The van der Waals surface area contributed by atoms with Gasteiger partial charge >= 0.3 is 11.6 Å². The quantitative estimate of drug-likeness (QED) is 0.0752. The second kappa shape index (κ2) is 12.6. The molecule has 5 rings (SSSR count). The average Bonchev–Trinajstić information content (AvgIpc) is 3.50. The van der Waals surface area contributed by atoms with Crippen LogP contribution in [0.3, 0.4) is 0 Å². The molecule has 0 saturated heterocycles. The Labute approximate surface area is 268 Å². The number of imidazole rings is 1. The molecule has 16 nitrogen and oxygen atoms in total. The van der Waals surface area contributed by atoms with Gasteiger partial charge < -0.3 is 19.8 Å². The number of halogens is 2. The van der Waals surface area contributed by atoms with E-state index in [2.05, 4.69) is 41.4 Å². The number of rotatable bonds is 9. The molecule has 46 heavy (non-hydrogen) atoms. The lowest BCUT2D eigenvalue weighted by Crippen LogP contribution is -2.29. The van der Waals surface area contributed by atoms with E-state index < -0.39 is 44.0 Å². The zero-order chi connectivity index (χ0) is 33.3. The number of hydrogen-bond acceptors (Lipinski definition) is 12. The highest BCUT2D eigenvalue weighted by Crippen LogP contribution is 2.33. The fourth-order valence-electron chi connectivity index (χ4n) is 4.10. The van der Waals surface area contributed by atoms with Crippen molar-refractivity contribution in [3.8, 4) is 0 Å². The molecular formula is C27H20Cl2N9O7S-. The van der Waals surface area contributed by atoms with E-state index in [-0.39, 0.29) is 38.5 Å². The molecule has 0 saturated carbocycles. The van der Waals surface area contributed by atoms with E-state index in [4.69, 9.17) is 23.2 Å². The lowest BCUT2D eigenvalue weighted by Gasteiger charge is -2.13. The molecule has 0 unspecified atom stereocenters. The Hall–Kier alpha value is -5.36. The number of ketones is 1. The minimum atomic E-state index is -4.66. The van der Waals surface area contributed by atoms with Gasteiger partial charge in [-0.15, -0.1) is 0 Å². The van der Waals surface area contributed by atoms with Gasteiger partial charge in [-0.3, -0.25) is 25.2 Å². The van der Waals surface area contributed by atoms with Crippen LogP contribution < -0.4 is 26.9 Å². The molecule has 0 aliphatic carbocycles. The zero-order valence-corrected chi connectivity index (χ0v) is 25.8. The van der Waals surface area contributed by atoms with Crippen LogP contribution in [0.1, 0.15) is 13.8 Å². The summed E-state index contributed by atoms with van der Waals surface area (Å²) in [7, 11) is -4.66. The molecule has 0 spiro atoms. The van der Waals surface area contributed by atoms with Crippen LogP contribution in [0.4, 0.5) is 22.7 Å². The third kappa shape index (κ3) is 6.81. The maximum Gasteiger partial charge on any atom is 0.323 e. The summed E-state index contributed by atoms with van der Waals surface area (Å²) in [5.41, 5.74) is 6.24. The molecule has 1 aromatic heterocycles. The first-order chi connectivity index (χ1) is 21.7. The number of nitrogens with zero attached hydrogens (tertiary/aromatic N) is 4. The molecule has 0 fully saturated rings. The van der Waals surface area contributed by atoms with Crippen LogP contribution in [0.2, 0.25) is 10.0 Å². The number of aromatic nitrogens is 2. The SMILES string of the molecule is CC(=O)/C(=N\Nc1cc(Cl)c(N/N=C2\C(=O)N(c3ccc(S(=O)(=O)[O-])cc3)N=C2C)cc1Cl)C(=O)Nc1ccc2[nH]c(=O)[nH]c2c1. The van der Waals surface area contributed by atoms with Gasteiger partial charge in [0.2, 0.25) is 0 Å². The number of fused-ring (bicyclic) bond motifs is 1. The number of H-pyrrole nitrogens is 2. The van der Waals surface area contributed by atoms with Crippen molar-refractivity contribution >= 4 is 102 Å². The average molecular weight is 685 g/mol. The van der Waals surface area contributed by atoms with E-state index >= 15 is 0 Å². The van der Waals surface area contributed by atoms with Crippen LogP contribution in [-0.4, -0.2) is 57.7 Å². The molecule has 0 radical (unpaired) electrons. The summed E-state index contributed by atoms with van der Waals surface area (Å²) in [5, 5.41) is 15.8. The molecule has 2 heterocycles. The van der Waals surface area contributed by atoms with Crippen LogP contribution in [0.5, 0.6) is 0 Å². The summed E-state index contributed by atoms with van der Waals surface area (Å²) in [6, 6.07) is 12.0. The number of carbonyl (C=O) groups is 3. The van der Waals surface area contributed by atoms with E-state index in [0.717, 1.165) is 24.1 Å². The van der Waals surface area contributed by atoms with Crippen molar-refractivity contribution in [2.24, 2.45) is 15.3 Å². The minimum absolute atomic E-state index is 0.0548. The Morgan fingerprint density at radius 1 is 0.935 bits per heavy atom. The Morgan fingerprint density at radius 2 is 1.57 bits per heavy atom. The molecule has 2 amide bonds. The molecule has 5 N–H and O–H groups in total. The highest BCUT2D eigenvalue weighted by Gasteiger charge is 2.31. The van der Waals surface area contributed by atoms with Gasteiger partial charge in [0, 0.05) is 12.6 Å². The molecule has 236 valence electrons. The second-order valence-electron chi connectivity index (χ2n) is 9.56. The number of hydrogen-bond donors (Lipinski definition) is 5. The van der Waals surface area contributed by atoms with Crippen LogP contribution in [0, 0.1) is 0 Å². The van der Waals surface area contributed by atoms with Gasteiger partial charge in [0.1, 0.15) is 10.1 Å². The first-order valence-electron chi connectivity index (χ1n) is 12.9. The summed E-state index contributed by atoms with van der Waals surface area (Å²) in [4.78, 5) is 54.2. The number of Topliss-reactive ketones (excluding diaryl/α,β-unsaturated/α-hetero) is 1. The molecule has 19 heteroatoms. The number of anilines is 4. The number of hydrazone groups is 3. The minimum Gasteiger partial charge on any atom is -0.744 e. The molecule has 0 atom stereocenters. The normalized spacial score (nSPS) is 14.5. The first-order valence-corrected chi connectivity index (χ1v) is 15.0. The Balaban J connectivity index is 1.29. The van der Waals surface area contributed by atoms with Crippen molar-refractivity contribution in [1.29, 1.82) is 0 Å². The molecule has 0 bridgehead atoms. The maximum absolute atomic E-state index is 13.0. The lowest BCUT2D eigenvalue weighted by molar-refractivity contribution is -0.115. The fraction of sp³-hybridized carbons (Fsp3) is 0.0741. The van der Waals surface area contributed by atoms with Crippen molar-refractivity contribution in [3.05, 3.63) is 75.1 Å². The number of carbonyl (C=O) groups excluding carboxylic acids is 3. The van der Waals surface area contributed by atoms with Crippen molar-refractivity contribution in [2.45, 2.75) is 18.7 Å². The topological polar surface area (TPSA) is 233 Å². The van der Waals surface area contributed by atoms with Crippen LogP contribution >= 0.6 is 23.2 Å². The van der Waals surface area contributed by atoms with Crippen molar-refractivity contribution in [1.82, 2.24) is 9.97 Å². The summed E-state index contributed by atoms with van der Waals surface area (Å²) >= 11 is 12.8. The largest absolute Gasteiger partial charge is 0.744 e. The summed E-state index contributed by atoms with van der Waals surface area (Å²) in [6.07, 6.45) is 0. The van der Waals surface area contributed by atoms with Crippen molar-refractivity contribution < 1.29 is 27.4 Å².